The number of methoxy groups -OCH3 is 1. The molecular weight excluding hydrogens is 1820 g/mol. The van der Waals surface area contributed by atoms with Crippen molar-refractivity contribution in [2.45, 2.75) is 440 Å². The summed E-state index contributed by atoms with van der Waals surface area (Å²) in [5.74, 6) is 4.01. The fourth-order valence-electron chi connectivity index (χ4n) is 16.2. The van der Waals surface area contributed by atoms with E-state index in [-0.39, 0.29) is 44.5 Å². The summed E-state index contributed by atoms with van der Waals surface area (Å²) in [5, 5.41) is 9.83. The third-order valence-corrected chi connectivity index (χ3v) is 36.0. The Balaban J connectivity index is 0. The number of nitrogens with zero attached hydrogens (tertiary/aromatic N) is 2. The van der Waals surface area contributed by atoms with E-state index in [1.807, 2.05) is 114 Å². The highest BCUT2D eigenvalue weighted by Crippen LogP contribution is 2.41. The van der Waals surface area contributed by atoms with E-state index in [0.29, 0.717) is 95.9 Å². The first-order valence-corrected chi connectivity index (χ1v) is 57.3. The number of halogens is 4. The average Bonchev–Trinajstić information content (AvgIpc) is 1.38. The predicted octanol–water partition coefficient (Wildman–Crippen LogP) is 23.4. The smallest absolute Gasteiger partial charge is 0.450 e. The number of piperidine rings is 3. The van der Waals surface area contributed by atoms with E-state index in [1.54, 1.807) is 135 Å². The van der Waals surface area contributed by atoms with Crippen LogP contribution in [0, 0.1) is 72.9 Å². The molecule has 5 saturated heterocycles. The average molecular weight is 2020 g/mol. The summed E-state index contributed by atoms with van der Waals surface area (Å²) in [6.45, 7) is 78.6. The van der Waals surface area contributed by atoms with E-state index < -0.39 is 86.8 Å². The van der Waals surface area contributed by atoms with Crippen molar-refractivity contribution in [1.29, 1.82) is 0 Å². The normalized spacial score (nSPS) is 20.0. The molecule has 0 radical (unpaired) electrons. The van der Waals surface area contributed by atoms with Gasteiger partial charge in [0.1, 0.15) is 17.3 Å². The third kappa shape index (κ3) is 54.6. The van der Waals surface area contributed by atoms with Crippen molar-refractivity contribution in [1.82, 2.24) is 25.8 Å². The molecule has 5 aliphatic heterocycles. The first kappa shape index (κ1) is 134. The minimum Gasteiger partial charge on any atom is -0.497 e. The van der Waals surface area contributed by atoms with Gasteiger partial charge in [-0.2, -0.15) is 13.2 Å². The van der Waals surface area contributed by atoms with Gasteiger partial charge < -0.3 is 35.2 Å². The van der Waals surface area contributed by atoms with Crippen LogP contribution in [-0.2, 0) is 78.6 Å². The van der Waals surface area contributed by atoms with Crippen molar-refractivity contribution < 1.29 is 89.5 Å². The minimum atomic E-state index is -4.70. The van der Waals surface area contributed by atoms with Gasteiger partial charge >= 0.3 is 6.18 Å². The van der Waals surface area contributed by atoms with Crippen molar-refractivity contribution in [2.24, 2.45) is 72.9 Å². The molecule has 1 aromatic carbocycles. The van der Waals surface area contributed by atoms with Gasteiger partial charge in [-0.05, 0) is 259 Å². The molecule has 21 nitrogen and oxygen atoms in total. The summed E-state index contributed by atoms with van der Waals surface area (Å²) in [6, 6.07) is 7.56. The first-order valence-electron chi connectivity index (χ1n) is 50.7. The molecule has 5 heterocycles. The number of carbonyl (C=O) groups excluding carboxylic acids is 6. The Hall–Kier alpha value is -4.00. The maximum absolute atomic E-state index is 13.9. The highest BCUT2D eigenvalue weighted by Gasteiger charge is 2.47. The van der Waals surface area contributed by atoms with Gasteiger partial charge in [0.2, 0.25) is 17.6 Å². The molecule has 3 atom stereocenters. The Bertz CT molecular complexity index is 4010. The number of alkyl halides is 4. The molecule has 802 valence electrons. The van der Waals surface area contributed by atoms with Gasteiger partial charge in [-0.15, -0.1) is 0 Å². The number of carbonyl (C=O) groups is 6. The molecule has 3 aliphatic carbocycles. The van der Waals surface area contributed by atoms with Crippen LogP contribution in [0.1, 0.15) is 403 Å². The maximum Gasteiger partial charge on any atom is 0.450 e. The largest absolute Gasteiger partial charge is 0.497 e. The topological polar surface area (TPSA) is 300 Å². The Morgan fingerprint density at radius 2 is 0.772 bits per heavy atom. The van der Waals surface area contributed by atoms with Crippen LogP contribution >= 0.6 is 0 Å². The molecular formula is C107H201F4N5O16S4. The number of nitrogens with one attached hydrogen (secondary N) is 3. The number of ketones is 4. The molecule has 136 heavy (non-hydrogen) atoms. The molecule has 1 aromatic rings. The van der Waals surface area contributed by atoms with Gasteiger partial charge in [0.05, 0.1) is 62.3 Å². The number of ether oxygens (including phenoxy) is 2. The van der Waals surface area contributed by atoms with Crippen LogP contribution < -0.4 is 20.7 Å². The lowest BCUT2D eigenvalue weighted by molar-refractivity contribution is -0.179. The van der Waals surface area contributed by atoms with Gasteiger partial charge in [-0.3, -0.25) is 28.8 Å². The first-order chi connectivity index (χ1) is 60.9. The summed E-state index contributed by atoms with van der Waals surface area (Å²) in [5.41, 5.74) is -2.96. The van der Waals surface area contributed by atoms with Crippen molar-refractivity contribution in [2.75, 3.05) is 96.5 Å². The number of Topliss-reactive ketones (excluding diaryl/α,β-unsaturated/α-hetero) is 4. The molecule has 29 heteroatoms. The Morgan fingerprint density at radius 3 is 1.09 bits per heavy atom. The molecule has 8 aliphatic rings. The highest BCUT2D eigenvalue weighted by atomic mass is 32.2. The number of benzene rings is 1. The second-order valence-corrected chi connectivity index (χ2v) is 62.7. The van der Waals surface area contributed by atoms with Crippen LogP contribution in [0.15, 0.2) is 24.3 Å². The quantitative estimate of drug-likeness (QED) is 0.155. The Labute approximate surface area is 829 Å². The predicted molar refractivity (Wildman–Crippen MR) is 558 cm³/mol. The Morgan fingerprint density at radius 1 is 0.404 bits per heavy atom. The van der Waals surface area contributed by atoms with Crippen molar-refractivity contribution in [3.63, 3.8) is 0 Å². The van der Waals surface area contributed by atoms with Gasteiger partial charge in [0.15, 0.2) is 50.8 Å². The fraction of sp³-hybridized carbons (Fsp3) is 0.888. The van der Waals surface area contributed by atoms with Gasteiger partial charge in [0, 0.05) is 76.5 Å². The summed E-state index contributed by atoms with van der Waals surface area (Å²) in [6.07, 6.45) is 19.8. The van der Waals surface area contributed by atoms with E-state index in [9.17, 15) is 80.0 Å². The maximum atomic E-state index is 13.9. The summed E-state index contributed by atoms with van der Waals surface area (Å²) < 4.78 is 152. The van der Waals surface area contributed by atoms with Crippen LogP contribution in [0.2, 0.25) is 0 Å². The lowest BCUT2D eigenvalue weighted by Gasteiger charge is -2.32. The van der Waals surface area contributed by atoms with Gasteiger partial charge in [0.25, 0.3) is 0 Å². The zero-order chi connectivity index (χ0) is 107. The molecule has 9 rings (SSSR count). The number of amides is 2. The Kier molecular flexibility index (Phi) is 55.7. The fourth-order valence-corrected chi connectivity index (χ4v) is 21.6. The lowest BCUT2D eigenvalue weighted by atomic mass is 9.76. The number of hydrogen-bond donors (Lipinski definition) is 3. The van der Waals surface area contributed by atoms with Crippen LogP contribution in [0.3, 0.4) is 0 Å². The number of likely N-dealkylation sites (tertiary alicyclic amines) is 1. The zero-order valence-corrected chi connectivity index (χ0v) is 96.3. The lowest BCUT2D eigenvalue weighted by Crippen LogP contribution is -2.45. The molecule has 0 bridgehead atoms. The van der Waals surface area contributed by atoms with Gasteiger partial charge in [-0.25, -0.2) is 38.1 Å². The van der Waals surface area contributed by atoms with Crippen molar-refractivity contribution in [3.05, 3.63) is 29.8 Å². The summed E-state index contributed by atoms with van der Waals surface area (Å²) >= 11 is 0. The zero-order valence-electron chi connectivity index (χ0n) is 93.0. The SMILES string of the molecule is CC(C)(C)C(=O)C(C)(C)C.CC(C)(C)C(=O)C(F)(F)F.CC(C)(C)C(=O)C1(F)CCCC1.CC(C)(C)C(=O)CC1CCCC1.CC(C)(C)C(=O)N1CCCC1.CC(C)(C)C(=O)N1CCOCC1.CC(C)(C)CC1CCCC1.CC(C)(C)S(=O)(=O)CC1CCCNC1.CC(C)(C)S(=O)(=O)CC1CCNCC1.CC1CC(CS(=O)(=O)C(C)(C)C)CCN1.COc1ccc(CS(=O)(=O)C(C)(C)C)cc1. The van der Waals surface area contributed by atoms with E-state index in [4.69, 9.17) is 9.47 Å². The van der Waals surface area contributed by atoms with Crippen LogP contribution in [0.25, 0.3) is 0 Å². The van der Waals surface area contributed by atoms with Crippen LogP contribution in [-0.4, -0.2) is 212 Å². The van der Waals surface area contributed by atoms with Gasteiger partial charge in [-0.1, -0.05) is 230 Å². The van der Waals surface area contributed by atoms with Crippen molar-refractivity contribution >= 4 is 74.3 Å². The molecule has 3 N–H and O–H groups in total. The van der Waals surface area contributed by atoms with E-state index in [0.717, 1.165) is 134 Å². The molecule has 0 aromatic heterocycles. The van der Waals surface area contributed by atoms with E-state index in [2.05, 4.69) is 43.6 Å². The molecule has 3 saturated carbocycles. The molecule has 2 amide bonds. The van der Waals surface area contributed by atoms with Crippen molar-refractivity contribution in [3.8, 4) is 5.75 Å². The summed E-state index contributed by atoms with van der Waals surface area (Å²) in [7, 11) is -10.3. The van der Waals surface area contributed by atoms with E-state index >= 15 is 0 Å². The highest BCUT2D eigenvalue weighted by molar-refractivity contribution is 7.93. The molecule has 0 spiro atoms. The summed E-state index contributed by atoms with van der Waals surface area (Å²) in [4.78, 5) is 72.2. The molecule has 3 unspecified atom stereocenters. The third-order valence-electron chi connectivity index (χ3n) is 25.1. The number of sulfone groups is 4. The standard InChI is InChI=1S/C12H18O3S.C11H23NO2S.C11H20O.C10H17FO.2C10H21NO2S.C10H20.C9H17NO2.C9H17NO.C9H18O.C6H9F3O/c1-12(2,3)16(13,14)9-10-5-7-11(15-4)8-6-10;1-9-7-10(5-6-12-9)8-15(13,14)11(2,3)4;1-11(2,3)10(12)8-9-6-4-5-7-9;1-9(2,3)8(12)10(11)6-4-5-7-10;1-10(2,3)14(12,13)8-9-4-6-11-7-5-9;1-10(2,3)14(12,13)8-9-5-4-6-11-7-9;1-10(2,3)8-9-6-4-5-7-9;1-9(2,3)8(11)10-4-6-12-7-5-10;1-9(2,3)8(11)10-6-4-5-7-10;1-8(2,3)7(10)9(4,5)6;1-5(2,3)4(10)6(7,8)9/h5-8H,9H2,1-4H3;9-10,12H,5-8H2,1-4H3;9H,4-8H2,1-3H3;4-7H2,1-3H3;2*9,11H,4-8H2,1-3H3;9H,4-8H2,1-3H3;4-7H2,1-3H3;4-7H2,1-3H3;1-6H3;1-3H3. The number of rotatable bonds is 13. The monoisotopic (exact) mass is 2020 g/mol. The minimum absolute atomic E-state index is 0.0699. The van der Waals surface area contributed by atoms with E-state index in [1.165, 1.54) is 91.4 Å². The molecule has 8 fully saturated rings. The van der Waals surface area contributed by atoms with Crippen LogP contribution in [0.4, 0.5) is 17.6 Å². The second kappa shape index (κ2) is 56.5. The van der Waals surface area contributed by atoms with Crippen LogP contribution in [0.5, 0.6) is 5.75 Å². The number of morpholine rings is 1. The second-order valence-electron chi connectivity index (χ2n) is 51.6. The number of hydrogen-bond acceptors (Lipinski definition) is 19.